The topological polar surface area (TPSA) is 32.3 Å². The molecular weight excluding hydrogens is 162 g/mol. The Bertz CT molecular complexity index is 109. The summed E-state index contributed by atoms with van der Waals surface area (Å²) in [6.07, 6.45) is 9.93. The summed E-state index contributed by atoms with van der Waals surface area (Å²) in [7, 11) is 0. The van der Waals surface area contributed by atoms with Crippen molar-refractivity contribution in [3.8, 4) is 0 Å². The highest BCUT2D eigenvalue weighted by atomic mass is 16.3. The van der Waals surface area contributed by atoms with Gasteiger partial charge in [-0.05, 0) is 18.9 Å². The zero-order valence-electron chi connectivity index (χ0n) is 8.60. The van der Waals surface area contributed by atoms with Crippen LogP contribution in [0.4, 0.5) is 0 Å². The summed E-state index contributed by atoms with van der Waals surface area (Å²) in [4.78, 5) is 0. The van der Waals surface area contributed by atoms with Crippen molar-refractivity contribution in [2.24, 2.45) is 5.92 Å². The molecule has 1 aliphatic rings. The predicted molar refractivity (Wildman–Crippen MR) is 55.8 cm³/mol. The number of hydrogen-bond acceptors (Lipinski definition) is 2. The molecule has 0 amide bonds. The zero-order valence-corrected chi connectivity index (χ0v) is 8.60. The van der Waals surface area contributed by atoms with E-state index < -0.39 is 0 Å². The molecule has 2 nitrogen and oxygen atoms in total. The normalized spacial score (nSPS) is 20.1. The third-order valence-corrected chi connectivity index (χ3v) is 2.99. The van der Waals surface area contributed by atoms with Crippen LogP contribution in [0.3, 0.4) is 0 Å². The Morgan fingerprint density at radius 1 is 1.00 bits per heavy atom. The van der Waals surface area contributed by atoms with Crippen molar-refractivity contribution in [2.75, 3.05) is 19.7 Å². The van der Waals surface area contributed by atoms with Gasteiger partial charge in [0.2, 0.25) is 0 Å². The van der Waals surface area contributed by atoms with Gasteiger partial charge >= 0.3 is 0 Å². The van der Waals surface area contributed by atoms with E-state index in [9.17, 15) is 0 Å². The summed E-state index contributed by atoms with van der Waals surface area (Å²) in [5.41, 5.74) is 0. The molecule has 0 bridgehead atoms. The molecule has 0 unspecified atom stereocenters. The smallest absolute Gasteiger partial charge is 0.0555 e. The lowest BCUT2D eigenvalue weighted by molar-refractivity contribution is 0.289. The van der Waals surface area contributed by atoms with E-state index in [-0.39, 0.29) is 6.61 Å². The first-order chi connectivity index (χ1) is 6.43. The molecule has 2 heteroatoms. The van der Waals surface area contributed by atoms with Crippen LogP contribution in [0.25, 0.3) is 0 Å². The molecule has 0 heterocycles. The van der Waals surface area contributed by atoms with E-state index in [1.165, 1.54) is 44.9 Å². The molecule has 2 N–H and O–H groups in total. The highest BCUT2D eigenvalue weighted by molar-refractivity contribution is 4.65. The van der Waals surface area contributed by atoms with Crippen LogP contribution in [0.2, 0.25) is 0 Å². The minimum atomic E-state index is 0.269. The Morgan fingerprint density at radius 3 is 2.31 bits per heavy atom. The number of aliphatic hydroxyl groups is 1. The molecule has 0 aromatic heterocycles. The van der Waals surface area contributed by atoms with Crippen LogP contribution in [-0.2, 0) is 0 Å². The van der Waals surface area contributed by atoms with Crippen LogP contribution in [0, 0.1) is 5.92 Å². The molecule has 0 saturated heterocycles. The van der Waals surface area contributed by atoms with Crippen LogP contribution in [0.5, 0.6) is 0 Å². The molecule has 0 aromatic rings. The predicted octanol–water partition coefficient (Wildman–Crippen LogP) is 1.93. The molecule has 1 fully saturated rings. The van der Waals surface area contributed by atoms with Gasteiger partial charge in [0.05, 0.1) is 6.61 Å². The van der Waals surface area contributed by atoms with Gasteiger partial charge in [0.1, 0.15) is 0 Å². The number of nitrogens with one attached hydrogen (secondary N) is 1. The lowest BCUT2D eigenvalue weighted by Gasteiger charge is -2.13. The second kappa shape index (κ2) is 7.34. The monoisotopic (exact) mass is 185 g/mol. The van der Waals surface area contributed by atoms with Gasteiger partial charge in [0.15, 0.2) is 0 Å². The fraction of sp³-hybridized carbons (Fsp3) is 1.00. The maximum absolute atomic E-state index is 8.59. The van der Waals surface area contributed by atoms with Crippen molar-refractivity contribution in [1.82, 2.24) is 5.32 Å². The third-order valence-electron chi connectivity index (χ3n) is 2.99. The average molecular weight is 185 g/mol. The second-order valence-electron chi connectivity index (χ2n) is 4.12. The van der Waals surface area contributed by atoms with Crippen LogP contribution < -0.4 is 5.32 Å². The SMILES string of the molecule is OCCNCCC1CCCCCC1. The van der Waals surface area contributed by atoms with Gasteiger partial charge in [0, 0.05) is 6.54 Å². The fourth-order valence-electron chi connectivity index (χ4n) is 2.16. The molecular formula is C11H23NO. The van der Waals surface area contributed by atoms with Crippen molar-refractivity contribution < 1.29 is 5.11 Å². The summed E-state index contributed by atoms with van der Waals surface area (Å²) >= 11 is 0. The van der Waals surface area contributed by atoms with Crippen molar-refractivity contribution >= 4 is 0 Å². The Balaban J connectivity index is 1.98. The molecule has 13 heavy (non-hydrogen) atoms. The minimum Gasteiger partial charge on any atom is -0.395 e. The van der Waals surface area contributed by atoms with Gasteiger partial charge in [-0.3, -0.25) is 0 Å². The molecule has 0 radical (unpaired) electrons. The molecule has 0 atom stereocenters. The van der Waals surface area contributed by atoms with Crippen molar-refractivity contribution in [2.45, 2.75) is 44.9 Å². The second-order valence-corrected chi connectivity index (χ2v) is 4.12. The molecule has 0 spiro atoms. The Kier molecular flexibility index (Phi) is 6.21. The van der Waals surface area contributed by atoms with Gasteiger partial charge in [-0.25, -0.2) is 0 Å². The van der Waals surface area contributed by atoms with Crippen molar-refractivity contribution in [3.63, 3.8) is 0 Å². The summed E-state index contributed by atoms with van der Waals surface area (Å²) < 4.78 is 0. The van der Waals surface area contributed by atoms with E-state index in [1.54, 1.807) is 0 Å². The number of aliphatic hydroxyl groups excluding tert-OH is 1. The first-order valence-corrected chi connectivity index (χ1v) is 5.75. The summed E-state index contributed by atoms with van der Waals surface area (Å²) in [5.74, 6) is 0.952. The molecule has 1 rings (SSSR count). The standard InChI is InChI=1S/C11H23NO/c13-10-9-12-8-7-11-5-3-1-2-4-6-11/h11-13H,1-10H2. The summed E-state index contributed by atoms with van der Waals surface area (Å²) in [6, 6.07) is 0. The van der Waals surface area contributed by atoms with Gasteiger partial charge in [-0.2, -0.15) is 0 Å². The molecule has 1 aliphatic carbocycles. The van der Waals surface area contributed by atoms with Crippen molar-refractivity contribution in [3.05, 3.63) is 0 Å². The van der Waals surface area contributed by atoms with E-state index >= 15 is 0 Å². The molecule has 0 aliphatic heterocycles. The number of rotatable bonds is 5. The lowest BCUT2D eigenvalue weighted by Crippen LogP contribution is -2.21. The first kappa shape index (κ1) is 11.0. The maximum atomic E-state index is 8.59. The van der Waals surface area contributed by atoms with E-state index in [0.717, 1.165) is 19.0 Å². The molecule has 1 saturated carbocycles. The van der Waals surface area contributed by atoms with Gasteiger partial charge in [0.25, 0.3) is 0 Å². The Labute approximate surface area is 81.7 Å². The first-order valence-electron chi connectivity index (χ1n) is 5.75. The summed E-state index contributed by atoms with van der Waals surface area (Å²) in [6.45, 7) is 2.11. The highest BCUT2D eigenvalue weighted by Gasteiger charge is 2.10. The van der Waals surface area contributed by atoms with Gasteiger partial charge in [-0.1, -0.05) is 38.5 Å². The Hall–Kier alpha value is -0.0800. The average Bonchev–Trinajstić information content (AvgIpc) is 2.41. The minimum absolute atomic E-state index is 0.269. The van der Waals surface area contributed by atoms with E-state index in [2.05, 4.69) is 5.32 Å². The fourth-order valence-corrected chi connectivity index (χ4v) is 2.16. The van der Waals surface area contributed by atoms with Crippen LogP contribution in [0.1, 0.15) is 44.9 Å². The van der Waals surface area contributed by atoms with Crippen molar-refractivity contribution in [1.29, 1.82) is 0 Å². The Morgan fingerprint density at radius 2 is 1.69 bits per heavy atom. The van der Waals surface area contributed by atoms with Crippen LogP contribution in [-0.4, -0.2) is 24.8 Å². The quantitative estimate of drug-likeness (QED) is 0.507. The van der Waals surface area contributed by atoms with E-state index in [4.69, 9.17) is 5.11 Å². The zero-order chi connectivity index (χ0) is 9.36. The van der Waals surface area contributed by atoms with Crippen LogP contribution in [0.15, 0.2) is 0 Å². The van der Waals surface area contributed by atoms with E-state index in [1.807, 2.05) is 0 Å². The molecule has 78 valence electrons. The lowest BCUT2D eigenvalue weighted by atomic mass is 9.97. The largest absolute Gasteiger partial charge is 0.395 e. The molecule has 0 aromatic carbocycles. The van der Waals surface area contributed by atoms with Gasteiger partial charge in [-0.15, -0.1) is 0 Å². The number of hydrogen-bond donors (Lipinski definition) is 2. The maximum Gasteiger partial charge on any atom is 0.0555 e. The van der Waals surface area contributed by atoms with Gasteiger partial charge < -0.3 is 10.4 Å². The third kappa shape index (κ3) is 5.27. The van der Waals surface area contributed by atoms with Crippen LogP contribution >= 0.6 is 0 Å². The summed E-state index contributed by atoms with van der Waals surface area (Å²) in [5, 5.41) is 11.8. The van der Waals surface area contributed by atoms with E-state index in [0.29, 0.717) is 0 Å². The highest BCUT2D eigenvalue weighted by Crippen LogP contribution is 2.24.